The Hall–Kier alpha value is -2.41. The van der Waals surface area contributed by atoms with E-state index in [1.54, 1.807) is 19.2 Å². The summed E-state index contributed by atoms with van der Waals surface area (Å²) in [4.78, 5) is 6.32. The third kappa shape index (κ3) is 5.56. The Morgan fingerprint density at radius 2 is 1.92 bits per heavy atom. The van der Waals surface area contributed by atoms with Gasteiger partial charge in [-0.25, -0.2) is 4.39 Å². The summed E-state index contributed by atoms with van der Waals surface area (Å²) in [5, 5.41) is 10.6. The molecule has 0 aliphatic heterocycles. The normalized spacial score (nSPS) is 13.3. The standard InChI is InChI=1S/C19H28FN5O/c1-13(2)17-10-16(26-24-17)11-22-19(21-3)23-12-18(25(4)5)14-6-8-15(20)9-7-14/h6-10,13,18H,11-12H2,1-5H3,(H2,21,22,23). The minimum absolute atomic E-state index is 0.0898. The predicted octanol–water partition coefficient (Wildman–Crippen LogP) is 2.91. The molecule has 0 bridgehead atoms. The van der Waals surface area contributed by atoms with Crippen LogP contribution in [-0.2, 0) is 6.54 Å². The van der Waals surface area contributed by atoms with Crippen molar-refractivity contribution in [3.8, 4) is 0 Å². The molecule has 2 N–H and O–H groups in total. The summed E-state index contributed by atoms with van der Waals surface area (Å²) in [6.45, 7) is 5.29. The average Bonchev–Trinajstić information content (AvgIpc) is 3.08. The van der Waals surface area contributed by atoms with Gasteiger partial charge in [-0.3, -0.25) is 4.99 Å². The molecule has 7 heteroatoms. The first-order valence-electron chi connectivity index (χ1n) is 8.72. The molecule has 142 valence electrons. The lowest BCUT2D eigenvalue weighted by atomic mass is 10.1. The summed E-state index contributed by atoms with van der Waals surface area (Å²) in [5.74, 6) is 1.53. The molecule has 0 saturated carbocycles. The van der Waals surface area contributed by atoms with Crippen LogP contribution >= 0.6 is 0 Å². The van der Waals surface area contributed by atoms with E-state index in [9.17, 15) is 4.39 Å². The Kier molecular flexibility index (Phi) is 7.15. The van der Waals surface area contributed by atoms with E-state index in [0.29, 0.717) is 25.0 Å². The SMILES string of the molecule is CN=C(NCc1cc(C(C)C)no1)NCC(c1ccc(F)cc1)N(C)C. The molecule has 1 atom stereocenters. The number of hydrogen-bond acceptors (Lipinski definition) is 4. The zero-order valence-corrected chi connectivity index (χ0v) is 16.1. The van der Waals surface area contributed by atoms with Gasteiger partial charge in [0, 0.05) is 19.7 Å². The summed E-state index contributed by atoms with van der Waals surface area (Å²) < 4.78 is 18.5. The first-order valence-corrected chi connectivity index (χ1v) is 8.72. The lowest BCUT2D eigenvalue weighted by molar-refractivity contribution is 0.297. The van der Waals surface area contributed by atoms with Gasteiger partial charge in [-0.1, -0.05) is 31.1 Å². The van der Waals surface area contributed by atoms with E-state index in [2.05, 4.69) is 39.5 Å². The molecular weight excluding hydrogens is 333 g/mol. The molecule has 2 rings (SSSR count). The third-order valence-electron chi connectivity index (χ3n) is 4.16. The van der Waals surface area contributed by atoms with Gasteiger partial charge in [-0.2, -0.15) is 0 Å². The maximum atomic E-state index is 13.2. The van der Waals surface area contributed by atoms with Crippen molar-refractivity contribution in [3.05, 3.63) is 53.2 Å². The Morgan fingerprint density at radius 3 is 2.46 bits per heavy atom. The zero-order valence-electron chi connectivity index (χ0n) is 16.1. The molecule has 1 aromatic heterocycles. The second kappa shape index (κ2) is 9.33. The second-order valence-corrected chi connectivity index (χ2v) is 6.71. The van der Waals surface area contributed by atoms with Gasteiger partial charge in [0.2, 0.25) is 0 Å². The maximum absolute atomic E-state index is 13.2. The van der Waals surface area contributed by atoms with Crippen LogP contribution in [0.4, 0.5) is 4.39 Å². The molecule has 0 aliphatic carbocycles. The molecule has 0 saturated heterocycles. The molecule has 6 nitrogen and oxygen atoms in total. The Labute approximate surface area is 154 Å². The Morgan fingerprint density at radius 1 is 1.23 bits per heavy atom. The lowest BCUT2D eigenvalue weighted by Gasteiger charge is -2.26. The molecule has 2 aromatic rings. The van der Waals surface area contributed by atoms with Gasteiger partial charge in [0.05, 0.1) is 18.3 Å². The second-order valence-electron chi connectivity index (χ2n) is 6.71. The number of halogens is 1. The minimum atomic E-state index is -0.232. The van der Waals surface area contributed by atoms with E-state index < -0.39 is 0 Å². The highest BCUT2D eigenvalue weighted by Gasteiger charge is 2.15. The highest BCUT2D eigenvalue weighted by Crippen LogP contribution is 2.18. The summed E-state index contributed by atoms with van der Waals surface area (Å²) in [7, 11) is 5.71. The van der Waals surface area contributed by atoms with Crippen LogP contribution in [0.3, 0.4) is 0 Å². The van der Waals surface area contributed by atoms with Crippen LogP contribution in [0.25, 0.3) is 0 Å². The van der Waals surface area contributed by atoms with E-state index in [1.165, 1.54) is 12.1 Å². The number of benzene rings is 1. The van der Waals surface area contributed by atoms with Crippen LogP contribution in [0.2, 0.25) is 0 Å². The molecule has 0 fully saturated rings. The van der Waals surface area contributed by atoms with E-state index >= 15 is 0 Å². The van der Waals surface area contributed by atoms with Crippen molar-refractivity contribution in [2.24, 2.45) is 4.99 Å². The molecule has 1 aromatic carbocycles. The smallest absolute Gasteiger partial charge is 0.191 e. The number of likely N-dealkylation sites (N-methyl/N-ethyl adjacent to an activating group) is 1. The number of hydrogen-bond donors (Lipinski definition) is 2. The first-order chi connectivity index (χ1) is 12.4. The monoisotopic (exact) mass is 361 g/mol. The highest BCUT2D eigenvalue weighted by atomic mass is 19.1. The molecule has 1 heterocycles. The number of guanidine groups is 1. The van der Waals surface area contributed by atoms with Crippen molar-refractivity contribution in [2.45, 2.75) is 32.4 Å². The van der Waals surface area contributed by atoms with Crippen molar-refractivity contribution < 1.29 is 8.91 Å². The lowest BCUT2D eigenvalue weighted by Crippen LogP contribution is -2.41. The van der Waals surface area contributed by atoms with Crippen molar-refractivity contribution in [2.75, 3.05) is 27.7 Å². The van der Waals surface area contributed by atoms with Crippen molar-refractivity contribution >= 4 is 5.96 Å². The molecule has 0 amide bonds. The number of nitrogens with one attached hydrogen (secondary N) is 2. The number of aromatic nitrogens is 1. The van der Waals surface area contributed by atoms with Gasteiger partial charge in [-0.05, 0) is 37.7 Å². The average molecular weight is 361 g/mol. The summed E-state index contributed by atoms with van der Waals surface area (Å²) >= 11 is 0. The van der Waals surface area contributed by atoms with Crippen LogP contribution in [0.5, 0.6) is 0 Å². The van der Waals surface area contributed by atoms with Gasteiger partial charge in [0.15, 0.2) is 11.7 Å². The van der Waals surface area contributed by atoms with Crippen molar-refractivity contribution in [1.82, 2.24) is 20.7 Å². The Bertz CT molecular complexity index is 709. The van der Waals surface area contributed by atoms with Crippen LogP contribution < -0.4 is 10.6 Å². The van der Waals surface area contributed by atoms with Crippen molar-refractivity contribution in [3.63, 3.8) is 0 Å². The summed E-state index contributed by atoms with van der Waals surface area (Å²) in [5.41, 5.74) is 1.98. The van der Waals surface area contributed by atoms with Crippen LogP contribution in [0.15, 0.2) is 39.8 Å². The van der Waals surface area contributed by atoms with Gasteiger partial charge in [0.1, 0.15) is 5.82 Å². The van der Waals surface area contributed by atoms with Crippen LogP contribution in [0.1, 0.15) is 42.8 Å². The van der Waals surface area contributed by atoms with Gasteiger partial charge < -0.3 is 20.1 Å². The molecule has 0 radical (unpaired) electrons. The molecule has 0 spiro atoms. The van der Waals surface area contributed by atoms with Crippen LogP contribution in [0, 0.1) is 5.82 Å². The predicted molar refractivity (Wildman–Crippen MR) is 102 cm³/mol. The number of nitrogens with zero attached hydrogens (tertiary/aromatic N) is 3. The van der Waals surface area contributed by atoms with Gasteiger partial charge >= 0.3 is 0 Å². The Balaban J connectivity index is 1.92. The highest BCUT2D eigenvalue weighted by molar-refractivity contribution is 5.79. The summed E-state index contributed by atoms with van der Waals surface area (Å²) in [6.07, 6.45) is 0. The van der Waals surface area contributed by atoms with Crippen molar-refractivity contribution in [1.29, 1.82) is 0 Å². The molecular formula is C19H28FN5O. The quantitative estimate of drug-likeness (QED) is 0.586. The fourth-order valence-electron chi connectivity index (χ4n) is 2.55. The van der Waals surface area contributed by atoms with Gasteiger partial charge in [-0.15, -0.1) is 0 Å². The third-order valence-corrected chi connectivity index (χ3v) is 4.16. The minimum Gasteiger partial charge on any atom is -0.359 e. The maximum Gasteiger partial charge on any atom is 0.191 e. The fourth-order valence-corrected chi connectivity index (χ4v) is 2.55. The molecule has 0 aliphatic rings. The van der Waals surface area contributed by atoms with E-state index in [1.807, 2.05) is 20.2 Å². The molecule has 26 heavy (non-hydrogen) atoms. The topological polar surface area (TPSA) is 65.7 Å². The number of aliphatic imine (C=N–C) groups is 1. The van der Waals surface area contributed by atoms with E-state index in [-0.39, 0.29) is 11.9 Å². The fraction of sp³-hybridized carbons (Fsp3) is 0.474. The zero-order chi connectivity index (χ0) is 19.1. The first kappa shape index (κ1) is 19.9. The van der Waals surface area contributed by atoms with Gasteiger partial charge in [0.25, 0.3) is 0 Å². The molecule has 1 unspecified atom stereocenters. The van der Waals surface area contributed by atoms with E-state index in [0.717, 1.165) is 17.0 Å². The van der Waals surface area contributed by atoms with Crippen LogP contribution in [-0.4, -0.2) is 43.7 Å². The number of rotatable bonds is 7. The van der Waals surface area contributed by atoms with E-state index in [4.69, 9.17) is 4.52 Å². The largest absolute Gasteiger partial charge is 0.359 e. The summed E-state index contributed by atoms with van der Waals surface area (Å²) in [6, 6.07) is 8.61.